The summed E-state index contributed by atoms with van der Waals surface area (Å²) < 4.78 is 40.8. The van der Waals surface area contributed by atoms with Crippen LogP contribution in [0.15, 0.2) is 59.4 Å². The fourth-order valence-electron chi connectivity index (χ4n) is 3.66. The van der Waals surface area contributed by atoms with Crippen molar-refractivity contribution in [2.24, 2.45) is 7.05 Å². The molecule has 2 heterocycles. The number of carbonyl (C=O) groups is 1. The number of benzene rings is 2. The van der Waals surface area contributed by atoms with E-state index in [2.05, 4.69) is 15.3 Å². The topological polar surface area (TPSA) is 76.9 Å². The molecule has 0 saturated carbocycles. The van der Waals surface area contributed by atoms with Gasteiger partial charge in [0, 0.05) is 18.3 Å². The maximum absolute atomic E-state index is 13.2. The molecule has 0 radical (unpaired) electrons. The average Bonchev–Trinajstić information content (AvgIpc) is 2.74. The predicted octanol–water partition coefficient (Wildman–Crippen LogP) is 4.88. The van der Waals surface area contributed by atoms with Gasteiger partial charge in [-0.2, -0.15) is 13.2 Å². The molecule has 6 nitrogen and oxygen atoms in total. The highest BCUT2D eigenvalue weighted by molar-refractivity contribution is 6.11. The van der Waals surface area contributed by atoms with Crippen molar-refractivity contribution in [1.82, 2.24) is 14.5 Å². The van der Waals surface area contributed by atoms with E-state index in [1.807, 2.05) is 13.0 Å². The second-order valence-electron chi connectivity index (χ2n) is 7.71. The molecule has 33 heavy (non-hydrogen) atoms. The van der Waals surface area contributed by atoms with Crippen LogP contribution in [0.1, 0.15) is 27.2 Å². The SMILES string of the molecule is Cc1cc(C)nc(NC(=O)c2cccc3c(=O)n(C)c(-c4cccc(C(F)(F)F)c4)nc23)c1. The molecule has 2 aromatic carbocycles. The lowest BCUT2D eigenvalue weighted by molar-refractivity contribution is -0.137. The minimum atomic E-state index is -4.55. The van der Waals surface area contributed by atoms with Crippen molar-refractivity contribution in [1.29, 1.82) is 0 Å². The van der Waals surface area contributed by atoms with Crippen LogP contribution in [0.2, 0.25) is 0 Å². The van der Waals surface area contributed by atoms with Gasteiger partial charge in [-0.15, -0.1) is 0 Å². The van der Waals surface area contributed by atoms with E-state index in [0.29, 0.717) is 5.82 Å². The Kier molecular flexibility index (Phi) is 5.49. The van der Waals surface area contributed by atoms with Crippen LogP contribution in [-0.2, 0) is 13.2 Å². The van der Waals surface area contributed by atoms with Gasteiger partial charge in [0.25, 0.3) is 11.5 Å². The van der Waals surface area contributed by atoms with Gasteiger partial charge in [-0.25, -0.2) is 9.97 Å². The van der Waals surface area contributed by atoms with E-state index in [1.54, 1.807) is 19.1 Å². The molecule has 0 atom stereocenters. The molecule has 2 aromatic heterocycles. The third kappa shape index (κ3) is 4.34. The van der Waals surface area contributed by atoms with E-state index < -0.39 is 23.2 Å². The molecule has 4 rings (SSSR count). The van der Waals surface area contributed by atoms with Gasteiger partial charge in [-0.1, -0.05) is 18.2 Å². The average molecular weight is 452 g/mol. The Bertz CT molecular complexity index is 1440. The summed E-state index contributed by atoms with van der Waals surface area (Å²) in [4.78, 5) is 34.7. The summed E-state index contributed by atoms with van der Waals surface area (Å²) in [6.07, 6.45) is -4.55. The number of aromatic nitrogens is 3. The lowest BCUT2D eigenvalue weighted by Gasteiger charge is -2.13. The van der Waals surface area contributed by atoms with Crippen LogP contribution >= 0.6 is 0 Å². The summed E-state index contributed by atoms with van der Waals surface area (Å²) >= 11 is 0. The summed E-state index contributed by atoms with van der Waals surface area (Å²) in [6.45, 7) is 3.67. The van der Waals surface area contributed by atoms with E-state index in [-0.39, 0.29) is 27.9 Å². The van der Waals surface area contributed by atoms with Crippen molar-refractivity contribution in [3.05, 3.63) is 87.3 Å². The smallest absolute Gasteiger partial charge is 0.306 e. The third-order valence-electron chi connectivity index (χ3n) is 5.14. The van der Waals surface area contributed by atoms with Crippen LogP contribution < -0.4 is 10.9 Å². The fraction of sp³-hybridized carbons (Fsp3) is 0.167. The Labute approximate surface area is 186 Å². The first-order chi connectivity index (χ1) is 15.5. The zero-order chi connectivity index (χ0) is 23.9. The van der Waals surface area contributed by atoms with E-state index >= 15 is 0 Å². The van der Waals surface area contributed by atoms with Crippen LogP contribution in [0.3, 0.4) is 0 Å². The first kappa shape index (κ1) is 22.2. The van der Waals surface area contributed by atoms with Gasteiger partial charge in [0.15, 0.2) is 0 Å². The van der Waals surface area contributed by atoms with Crippen molar-refractivity contribution < 1.29 is 18.0 Å². The minimum absolute atomic E-state index is 0.0170. The molecule has 0 aliphatic carbocycles. The molecular formula is C24H19F3N4O2. The van der Waals surface area contributed by atoms with Gasteiger partial charge >= 0.3 is 6.18 Å². The second kappa shape index (κ2) is 8.16. The standard InChI is InChI=1S/C24H19F3N4O2/c1-13-10-14(2)28-19(11-13)29-22(32)17-8-5-9-18-20(17)30-21(31(3)23(18)33)15-6-4-7-16(12-15)24(25,26)27/h4-12H,1-3H3,(H,28,29,32). The highest BCUT2D eigenvalue weighted by atomic mass is 19.4. The molecule has 0 fully saturated rings. The number of carbonyl (C=O) groups excluding carboxylic acids is 1. The lowest BCUT2D eigenvalue weighted by atomic mass is 10.1. The van der Waals surface area contributed by atoms with Crippen molar-refractivity contribution >= 4 is 22.6 Å². The maximum atomic E-state index is 13.2. The number of halogens is 3. The first-order valence-electron chi connectivity index (χ1n) is 9.98. The quantitative estimate of drug-likeness (QED) is 0.481. The lowest BCUT2D eigenvalue weighted by Crippen LogP contribution is -2.22. The van der Waals surface area contributed by atoms with Crippen LogP contribution in [0.5, 0.6) is 0 Å². The zero-order valence-electron chi connectivity index (χ0n) is 18.0. The monoisotopic (exact) mass is 452 g/mol. The number of pyridine rings is 1. The van der Waals surface area contributed by atoms with E-state index in [4.69, 9.17) is 0 Å². The fourth-order valence-corrected chi connectivity index (χ4v) is 3.66. The molecule has 168 valence electrons. The Hall–Kier alpha value is -4.01. The van der Waals surface area contributed by atoms with Crippen LogP contribution in [-0.4, -0.2) is 20.4 Å². The molecule has 0 saturated heterocycles. The molecule has 0 aliphatic heterocycles. The zero-order valence-corrected chi connectivity index (χ0v) is 18.0. The summed E-state index contributed by atoms with van der Waals surface area (Å²) in [5.41, 5.74) is 0.608. The highest BCUT2D eigenvalue weighted by Crippen LogP contribution is 2.32. The Balaban J connectivity index is 1.86. The van der Waals surface area contributed by atoms with Crippen LogP contribution in [0, 0.1) is 13.8 Å². The molecule has 0 aliphatic rings. The number of nitrogens with one attached hydrogen (secondary N) is 1. The van der Waals surface area contributed by atoms with Gasteiger partial charge in [0.1, 0.15) is 11.6 Å². The van der Waals surface area contributed by atoms with E-state index in [0.717, 1.165) is 23.4 Å². The molecule has 0 spiro atoms. The number of alkyl halides is 3. The van der Waals surface area contributed by atoms with E-state index in [1.165, 1.54) is 35.9 Å². The Morgan fingerprint density at radius 3 is 2.42 bits per heavy atom. The van der Waals surface area contributed by atoms with Gasteiger partial charge in [-0.3, -0.25) is 14.2 Å². The normalized spacial score (nSPS) is 11.6. The number of hydrogen-bond donors (Lipinski definition) is 1. The Morgan fingerprint density at radius 2 is 1.73 bits per heavy atom. The van der Waals surface area contributed by atoms with Gasteiger partial charge in [-0.05, 0) is 55.8 Å². The number of amides is 1. The van der Waals surface area contributed by atoms with Gasteiger partial charge < -0.3 is 5.32 Å². The summed E-state index contributed by atoms with van der Waals surface area (Å²) in [6, 6.07) is 12.7. The Morgan fingerprint density at radius 1 is 1.00 bits per heavy atom. The maximum Gasteiger partial charge on any atom is 0.416 e. The number of para-hydroxylation sites is 1. The molecular weight excluding hydrogens is 433 g/mol. The molecule has 1 amide bonds. The second-order valence-corrected chi connectivity index (χ2v) is 7.71. The van der Waals surface area contributed by atoms with Gasteiger partial charge in [0.05, 0.1) is 22.0 Å². The molecule has 9 heteroatoms. The molecule has 4 aromatic rings. The number of nitrogens with zero attached hydrogens (tertiary/aromatic N) is 3. The largest absolute Gasteiger partial charge is 0.416 e. The number of hydrogen-bond acceptors (Lipinski definition) is 4. The highest BCUT2D eigenvalue weighted by Gasteiger charge is 2.31. The predicted molar refractivity (Wildman–Crippen MR) is 119 cm³/mol. The number of anilines is 1. The van der Waals surface area contributed by atoms with Crippen LogP contribution in [0.25, 0.3) is 22.3 Å². The van der Waals surface area contributed by atoms with Crippen LogP contribution in [0.4, 0.5) is 19.0 Å². The third-order valence-corrected chi connectivity index (χ3v) is 5.14. The summed E-state index contributed by atoms with van der Waals surface area (Å²) in [7, 11) is 1.43. The number of rotatable bonds is 3. The molecule has 1 N–H and O–H groups in total. The molecule has 0 bridgehead atoms. The first-order valence-corrected chi connectivity index (χ1v) is 9.98. The summed E-state index contributed by atoms with van der Waals surface area (Å²) in [5, 5.41) is 2.88. The van der Waals surface area contributed by atoms with E-state index in [9.17, 15) is 22.8 Å². The van der Waals surface area contributed by atoms with Crippen molar-refractivity contribution in [2.45, 2.75) is 20.0 Å². The molecule has 0 unspecified atom stereocenters. The van der Waals surface area contributed by atoms with Crippen molar-refractivity contribution in [3.63, 3.8) is 0 Å². The van der Waals surface area contributed by atoms with Crippen molar-refractivity contribution in [2.75, 3.05) is 5.32 Å². The number of aryl methyl sites for hydroxylation is 2. The number of fused-ring (bicyclic) bond motifs is 1. The minimum Gasteiger partial charge on any atom is -0.306 e. The van der Waals surface area contributed by atoms with Gasteiger partial charge in [0.2, 0.25) is 0 Å². The summed E-state index contributed by atoms with van der Waals surface area (Å²) in [5.74, 6) is -0.173. The van der Waals surface area contributed by atoms with Crippen molar-refractivity contribution in [3.8, 4) is 11.4 Å².